The smallest absolute Gasteiger partial charge is 0.338 e. The van der Waals surface area contributed by atoms with Crippen LogP contribution in [0.5, 0.6) is 0 Å². The summed E-state index contributed by atoms with van der Waals surface area (Å²) in [4.78, 5) is 12.0. The van der Waals surface area contributed by atoms with Crippen LogP contribution >= 0.6 is 15.9 Å². The van der Waals surface area contributed by atoms with Crippen molar-refractivity contribution >= 4 is 32.8 Å². The highest BCUT2D eigenvalue weighted by Gasteiger charge is 2.09. The maximum Gasteiger partial charge on any atom is 0.338 e. The lowest BCUT2D eigenvalue weighted by molar-refractivity contribution is 0.0505. The largest absolute Gasteiger partial charge is 0.462 e. The first-order valence-corrected chi connectivity index (χ1v) is 8.02. The molecule has 0 atom stereocenters. The fourth-order valence-electron chi connectivity index (χ4n) is 2.40. The van der Waals surface area contributed by atoms with E-state index in [1.54, 1.807) is 6.07 Å². The second kappa shape index (κ2) is 6.36. The normalized spacial score (nSPS) is 10.8. The molecule has 0 aliphatic carbocycles. The molecule has 0 fully saturated rings. The third-order valence-corrected chi connectivity index (χ3v) is 3.94. The average molecular weight is 358 g/mol. The van der Waals surface area contributed by atoms with Gasteiger partial charge in [-0.2, -0.15) is 0 Å². The average Bonchev–Trinajstić information content (AvgIpc) is 2.95. The van der Waals surface area contributed by atoms with Crippen LogP contribution in [0.15, 0.2) is 59.2 Å². The molecule has 4 heteroatoms. The summed E-state index contributed by atoms with van der Waals surface area (Å²) in [6.45, 7) is 2.43. The van der Waals surface area contributed by atoms with Gasteiger partial charge in [0.2, 0.25) is 0 Å². The quantitative estimate of drug-likeness (QED) is 0.618. The Bertz CT molecular complexity index is 823. The number of hydrogen-bond donors (Lipinski definition) is 0. The Balaban J connectivity index is 1.99. The van der Waals surface area contributed by atoms with Gasteiger partial charge in [0.05, 0.1) is 17.7 Å². The highest BCUT2D eigenvalue weighted by Crippen LogP contribution is 2.24. The van der Waals surface area contributed by atoms with Gasteiger partial charge in [0.1, 0.15) is 0 Å². The Kier molecular flexibility index (Phi) is 4.29. The van der Waals surface area contributed by atoms with Crippen molar-refractivity contribution in [3.05, 3.63) is 64.8 Å². The number of hydrogen-bond acceptors (Lipinski definition) is 2. The monoisotopic (exact) mass is 357 g/mol. The van der Waals surface area contributed by atoms with Crippen molar-refractivity contribution in [1.29, 1.82) is 0 Å². The van der Waals surface area contributed by atoms with Crippen LogP contribution in [0.4, 0.5) is 0 Å². The van der Waals surface area contributed by atoms with Gasteiger partial charge in [0, 0.05) is 21.7 Å². The Morgan fingerprint density at radius 2 is 2.05 bits per heavy atom. The first kappa shape index (κ1) is 14.9. The molecule has 0 unspecified atom stereocenters. The number of carbonyl (C=O) groups excluding carboxylic acids is 1. The summed E-state index contributed by atoms with van der Waals surface area (Å²) in [7, 11) is 0. The van der Waals surface area contributed by atoms with Crippen LogP contribution in [0.3, 0.4) is 0 Å². The van der Waals surface area contributed by atoms with Crippen molar-refractivity contribution in [1.82, 2.24) is 4.57 Å². The van der Waals surface area contributed by atoms with Crippen LogP contribution in [0.2, 0.25) is 0 Å². The Morgan fingerprint density at radius 3 is 2.86 bits per heavy atom. The highest BCUT2D eigenvalue weighted by atomic mass is 79.9. The molecule has 0 saturated carbocycles. The summed E-state index contributed by atoms with van der Waals surface area (Å²) in [5.41, 5.74) is 2.62. The van der Waals surface area contributed by atoms with Gasteiger partial charge in [-0.3, -0.25) is 0 Å². The van der Waals surface area contributed by atoms with Crippen LogP contribution in [-0.2, 0) is 4.74 Å². The Labute approximate surface area is 137 Å². The number of rotatable bonds is 4. The summed E-state index contributed by atoms with van der Waals surface area (Å²) in [6, 6.07) is 15.7. The number of fused-ring (bicyclic) bond motifs is 1. The van der Waals surface area contributed by atoms with Gasteiger partial charge in [0.15, 0.2) is 0 Å². The molecule has 0 amide bonds. The fourth-order valence-corrected chi connectivity index (χ4v) is 2.78. The van der Waals surface area contributed by atoms with Crippen LogP contribution < -0.4 is 0 Å². The van der Waals surface area contributed by atoms with Gasteiger partial charge in [-0.05, 0) is 48.9 Å². The van der Waals surface area contributed by atoms with E-state index in [9.17, 15) is 4.79 Å². The molecule has 0 aliphatic heterocycles. The van der Waals surface area contributed by atoms with E-state index in [0.717, 1.165) is 27.5 Å². The molecule has 22 heavy (non-hydrogen) atoms. The standard InChI is InChI=1S/C18H16BrNO2/c1-2-10-22-18(21)14-4-3-5-16(12-14)20-9-8-13-11-15(19)6-7-17(13)20/h3-9,11-12H,2,10H2,1H3. The fraction of sp³-hybridized carbons (Fsp3) is 0.167. The van der Waals surface area contributed by atoms with E-state index in [1.165, 1.54) is 0 Å². The molecule has 0 saturated heterocycles. The molecule has 0 radical (unpaired) electrons. The van der Waals surface area contributed by atoms with Gasteiger partial charge in [0.25, 0.3) is 0 Å². The number of esters is 1. The van der Waals surface area contributed by atoms with Crippen LogP contribution in [0.25, 0.3) is 16.6 Å². The van der Waals surface area contributed by atoms with Crippen LogP contribution in [-0.4, -0.2) is 17.1 Å². The first-order chi connectivity index (χ1) is 10.7. The molecule has 1 aromatic heterocycles. The van der Waals surface area contributed by atoms with Crippen molar-refractivity contribution in [2.24, 2.45) is 0 Å². The van der Waals surface area contributed by atoms with Crippen molar-refractivity contribution in [2.75, 3.05) is 6.61 Å². The van der Waals surface area contributed by atoms with E-state index in [4.69, 9.17) is 4.74 Å². The third-order valence-electron chi connectivity index (χ3n) is 3.45. The molecule has 0 N–H and O–H groups in total. The van der Waals surface area contributed by atoms with Crippen molar-refractivity contribution in [3.63, 3.8) is 0 Å². The molecular weight excluding hydrogens is 342 g/mol. The predicted octanol–water partition coefficient (Wildman–Crippen LogP) is 4.96. The second-order valence-electron chi connectivity index (χ2n) is 5.08. The summed E-state index contributed by atoms with van der Waals surface area (Å²) >= 11 is 3.48. The SMILES string of the molecule is CCCOC(=O)c1cccc(-n2ccc3cc(Br)ccc32)c1. The number of benzene rings is 2. The molecule has 0 spiro atoms. The van der Waals surface area contributed by atoms with Crippen LogP contribution in [0.1, 0.15) is 23.7 Å². The lowest BCUT2D eigenvalue weighted by atomic mass is 10.2. The van der Waals surface area contributed by atoms with Gasteiger partial charge >= 0.3 is 5.97 Å². The van der Waals surface area contributed by atoms with Gasteiger partial charge in [-0.1, -0.05) is 28.9 Å². The minimum atomic E-state index is -0.275. The number of nitrogens with zero attached hydrogens (tertiary/aromatic N) is 1. The number of halogens is 1. The molecule has 3 aromatic rings. The first-order valence-electron chi connectivity index (χ1n) is 7.23. The zero-order valence-corrected chi connectivity index (χ0v) is 13.8. The third kappa shape index (κ3) is 2.92. The molecule has 112 valence electrons. The minimum Gasteiger partial charge on any atom is -0.462 e. The molecular formula is C18H16BrNO2. The van der Waals surface area contributed by atoms with E-state index < -0.39 is 0 Å². The van der Waals surface area contributed by atoms with Crippen molar-refractivity contribution < 1.29 is 9.53 Å². The zero-order chi connectivity index (χ0) is 15.5. The molecule has 1 heterocycles. The Morgan fingerprint density at radius 1 is 1.18 bits per heavy atom. The molecule has 0 bridgehead atoms. The molecule has 2 aromatic carbocycles. The van der Waals surface area contributed by atoms with Gasteiger partial charge in [-0.25, -0.2) is 4.79 Å². The molecule has 0 aliphatic rings. The predicted molar refractivity (Wildman–Crippen MR) is 91.5 cm³/mol. The van der Waals surface area contributed by atoms with Gasteiger partial charge < -0.3 is 9.30 Å². The zero-order valence-electron chi connectivity index (χ0n) is 12.3. The summed E-state index contributed by atoms with van der Waals surface area (Å²) in [6.07, 6.45) is 2.83. The minimum absolute atomic E-state index is 0.275. The van der Waals surface area contributed by atoms with Crippen molar-refractivity contribution in [3.8, 4) is 5.69 Å². The van der Waals surface area contributed by atoms with Crippen molar-refractivity contribution in [2.45, 2.75) is 13.3 Å². The summed E-state index contributed by atoms with van der Waals surface area (Å²) < 4.78 is 8.32. The maximum absolute atomic E-state index is 12.0. The summed E-state index contributed by atoms with van der Waals surface area (Å²) in [5.74, 6) is -0.275. The van der Waals surface area contributed by atoms with E-state index in [1.807, 2.05) is 37.4 Å². The number of ether oxygens (including phenoxy) is 1. The van der Waals surface area contributed by atoms with E-state index in [-0.39, 0.29) is 5.97 Å². The molecule has 3 nitrogen and oxygen atoms in total. The highest BCUT2D eigenvalue weighted by molar-refractivity contribution is 9.10. The summed E-state index contributed by atoms with van der Waals surface area (Å²) in [5, 5.41) is 1.15. The molecule has 3 rings (SSSR count). The van der Waals surface area contributed by atoms with E-state index in [0.29, 0.717) is 12.2 Å². The lowest BCUT2D eigenvalue weighted by Gasteiger charge is -2.08. The van der Waals surface area contributed by atoms with E-state index in [2.05, 4.69) is 38.7 Å². The second-order valence-corrected chi connectivity index (χ2v) is 5.99. The number of aromatic nitrogens is 1. The topological polar surface area (TPSA) is 31.2 Å². The van der Waals surface area contributed by atoms with Crippen LogP contribution in [0, 0.1) is 0 Å². The lowest BCUT2D eigenvalue weighted by Crippen LogP contribution is -2.06. The van der Waals surface area contributed by atoms with Gasteiger partial charge in [-0.15, -0.1) is 0 Å². The number of carbonyl (C=O) groups is 1. The Hall–Kier alpha value is -2.07. The van der Waals surface area contributed by atoms with E-state index >= 15 is 0 Å². The maximum atomic E-state index is 12.0.